The van der Waals surface area contributed by atoms with Crippen molar-refractivity contribution in [2.75, 3.05) is 14.2 Å². The van der Waals surface area contributed by atoms with Crippen LogP contribution in [0.4, 0.5) is 0 Å². The first-order valence-electron chi connectivity index (χ1n) is 5.55. The topological polar surface area (TPSA) is 82.8 Å². The smallest absolute Gasteiger partial charge is 0.243 e. The second-order valence-corrected chi connectivity index (χ2v) is 5.64. The van der Waals surface area contributed by atoms with Crippen LogP contribution < -0.4 is 9.47 Å². The number of rotatable bonds is 5. The van der Waals surface area contributed by atoms with Crippen molar-refractivity contribution in [2.24, 2.45) is 0 Å². The van der Waals surface area contributed by atoms with Gasteiger partial charge in [-0.1, -0.05) is 0 Å². The Balaban J connectivity index is 2.56. The number of carbonyl (C=O) groups is 1. The molecule has 1 heterocycles. The Morgan fingerprint density at radius 1 is 1.10 bits per heavy atom. The third-order valence-electron chi connectivity index (χ3n) is 2.64. The number of methoxy groups -OCH3 is 2. The zero-order valence-electron chi connectivity index (χ0n) is 10.8. The Kier molecular flexibility index (Phi) is 3.80. The molecule has 0 N–H and O–H groups in total. The molecule has 0 radical (unpaired) electrons. The minimum Gasteiger partial charge on any atom is -0.497 e. The Labute approximate surface area is 115 Å². The van der Waals surface area contributed by atoms with Crippen LogP contribution in [0.5, 0.6) is 11.5 Å². The van der Waals surface area contributed by atoms with Crippen LogP contribution in [0.2, 0.25) is 0 Å². The predicted molar refractivity (Wildman–Crippen MR) is 69.1 cm³/mol. The van der Waals surface area contributed by atoms with E-state index in [4.69, 9.17) is 13.9 Å². The standard InChI is InChI=1S/C13H12O6S/c1-17-9-3-5-12(11(7-9)18-2)20(15,16)13-6-4-10(8-14)19-13/h3-8H,1-2H3. The molecule has 1 aromatic carbocycles. The SMILES string of the molecule is COc1ccc(S(=O)(=O)c2ccc(C=O)o2)c(OC)c1. The summed E-state index contributed by atoms with van der Waals surface area (Å²) >= 11 is 0. The zero-order chi connectivity index (χ0) is 14.8. The number of hydrogen-bond donors (Lipinski definition) is 0. The lowest BCUT2D eigenvalue weighted by Gasteiger charge is -2.09. The summed E-state index contributed by atoms with van der Waals surface area (Å²) in [5.74, 6) is 0.540. The number of carbonyl (C=O) groups excluding carboxylic acids is 1. The van der Waals surface area contributed by atoms with E-state index in [0.29, 0.717) is 12.0 Å². The van der Waals surface area contributed by atoms with Gasteiger partial charge in [0.25, 0.3) is 0 Å². The molecule has 0 spiro atoms. The molecular formula is C13H12O6S. The summed E-state index contributed by atoms with van der Waals surface area (Å²) < 4.78 is 39.9. The first-order valence-corrected chi connectivity index (χ1v) is 7.03. The number of furan rings is 1. The molecule has 1 aromatic heterocycles. The van der Waals surface area contributed by atoms with Gasteiger partial charge in [-0.2, -0.15) is 0 Å². The van der Waals surface area contributed by atoms with E-state index in [9.17, 15) is 13.2 Å². The molecule has 0 saturated carbocycles. The van der Waals surface area contributed by atoms with Gasteiger partial charge in [0.15, 0.2) is 12.0 Å². The molecular weight excluding hydrogens is 284 g/mol. The molecule has 106 valence electrons. The highest BCUT2D eigenvalue weighted by molar-refractivity contribution is 7.91. The molecule has 0 aliphatic carbocycles. The minimum atomic E-state index is -3.90. The monoisotopic (exact) mass is 296 g/mol. The summed E-state index contributed by atoms with van der Waals surface area (Å²) in [6, 6.07) is 6.82. The quantitative estimate of drug-likeness (QED) is 0.784. The van der Waals surface area contributed by atoms with Crippen molar-refractivity contribution in [3.63, 3.8) is 0 Å². The molecule has 0 aliphatic heterocycles. The van der Waals surface area contributed by atoms with Crippen molar-refractivity contribution in [3.05, 3.63) is 36.1 Å². The average Bonchev–Trinajstić information content (AvgIpc) is 2.96. The van der Waals surface area contributed by atoms with Gasteiger partial charge < -0.3 is 13.9 Å². The van der Waals surface area contributed by atoms with Crippen molar-refractivity contribution in [2.45, 2.75) is 9.99 Å². The maximum atomic E-state index is 12.4. The largest absolute Gasteiger partial charge is 0.497 e. The fraction of sp³-hybridized carbons (Fsp3) is 0.154. The van der Waals surface area contributed by atoms with E-state index in [1.807, 2.05) is 0 Å². The van der Waals surface area contributed by atoms with Crippen molar-refractivity contribution < 1.29 is 27.1 Å². The highest BCUT2D eigenvalue weighted by Crippen LogP contribution is 2.32. The van der Waals surface area contributed by atoms with E-state index < -0.39 is 9.84 Å². The number of aldehydes is 1. The van der Waals surface area contributed by atoms with Crippen LogP contribution >= 0.6 is 0 Å². The van der Waals surface area contributed by atoms with Crippen LogP contribution in [-0.4, -0.2) is 28.9 Å². The molecule has 0 amide bonds. The van der Waals surface area contributed by atoms with Gasteiger partial charge in [-0.05, 0) is 24.3 Å². The maximum Gasteiger partial charge on any atom is 0.243 e. The van der Waals surface area contributed by atoms with Crippen molar-refractivity contribution in [3.8, 4) is 11.5 Å². The molecule has 0 atom stereocenters. The van der Waals surface area contributed by atoms with E-state index in [0.717, 1.165) is 0 Å². The molecule has 0 fully saturated rings. The van der Waals surface area contributed by atoms with Crippen LogP contribution in [0.25, 0.3) is 0 Å². The second kappa shape index (κ2) is 5.38. The van der Waals surface area contributed by atoms with Gasteiger partial charge in [0, 0.05) is 6.07 Å². The third-order valence-corrected chi connectivity index (χ3v) is 4.31. The highest BCUT2D eigenvalue weighted by Gasteiger charge is 2.26. The van der Waals surface area contributed by atoms with Crippen molar-refractivity contribution in [1.29, 1.82) is 0 Å². The van der Waals surface area contributed by atoms with Gasteiger partial charge in [0.1, 0.15) is 16.4 Å². The van der Waals surface area contributed by atoms with Gasteiger partial charge in [-0.3, -0.25) is 4.79 Å². The van der Waals surface area contributed by atoms with Gasteiger partial charge in [0.05, 0.1) is 14.2 Å². The van der Waals surface area contributed by atoms with Crippen molar-refractivity contribution >= 4 is 16.1 Å². The Morgan fingerprint density at radius 3 is 2.40 bits per heavy atom. The van der Waals surface area contributed by atoms with E-state index >= 15 is 0 Å². The summed E-state index contributed by atoms with van der Waals surface area (Å²) in [6.07, 6.45) is 0.435. The molecule has 0 aliphatic rings. The second-order valence-electron chi connectivity index (χ2n) is 3.79. The fourth-order valence-electron chi connectivity index (χ4n) is 1.65. The lowest BCUT2D eigenvalue weighted by atomic mass is 10.3. The van der Waals surface area contributed by atoms with E-state index in [1.165, 1.54) is 44.6 Å². The summed E-state index contributed by atoms with van der Waals surface area (Å²) in [5, 5.41) is -0.317. The summed E-state index contributed by atoms with van der Waals surface area (Å²) in [5.41, 5.74) is 0. The van der Waals surface area contributed by atoms with Crippen LogP contribution in [0.15, 0.2) is 44.7 Å². The lowest BCUT2D eigenvalue weighted by molar-refractivity contribution is 0.109. The van der Waals surface area contributed by atoms with Crippen LogP contribution in [0, 0.1) is 0 Å². The highest BCUT2D eigenvalue weighted by atomic mass is 32.2. The molecule has 7 heteroatoms. The molecule has 0 saturated heterocycles. The molecule has 20 heavy (non-hydrogen) atoms. The van der Waals surface area contributed by atoms with E-state index in [-0.39, 0.29) is 21.5 Å². The fourth-order valence-corrected chi connectivity index (χ4v) is 2.97. The number of sulfone groups is 1. The van der Waals surface area contributed by atoms with Gasteiger partial charge in [-0.15, -0.1) is 0 Å². The number of benzene rings is 1. The first-order chi connectivity index (χ1) is 9.52. The van der Waals surface area contributed by atoms with E-state index in [2.05, 4.69) is 0 Å². The predicted octanol–water partition coefficient (Wildman–Crippen LogP) is 1.94. The zero-order valence-corrected chi connectivity index (χ0v) is 11.6. The Hall–Kier alpha value is -2.28. The summed E-state index contributed by atoms with van der Waals surface area (Å²) in [7, 11) is -1.08. The van der Waals surface area contributed by atoms with E-state index in [1.54, 1.807) is 0 Å². The van der Waals surface area contributed by atoms with Crippen LogP contribution in [0.3, 0.4) is 0 Å². The normalized spacial score (nSPS) is 11.1. The number of ether oxygens (including phenoxy) is 2. The van der Waals surface area contributed by atoms with Gasteiger partial charge >= 0.3 is 0 Å². The van der Waals surface area contributed by atoms with Crippen LogP contribution in [0.1, 0.15) is 10.6 Å². The minimum absolute atomic E-state index is 0.0592. The van der Waals surface area contributed by atoms with Gasteiger partial charge in [-0.25, -0.2) is 8.42 Å². The molecule has 2 rings (SSSR count). The third kappa shape index (κ3) is 2.39. The number of hydrogen-bond acceptors (Lipinski definition) is 6. The molecule has 0 unspecified atom stereocenters. The lowest BCUT2D eigenvalue weighted by Crippen LogP contribution is -2.03. The van der Waals surface area contributed by atoms with Gasteiger partial charge in [0.2, 0.25) is 14.9 Å². The maximum absolute atomic E-state index is 12.4. The average molecular weight is 296 g/mol. The Morgan fingerprint density at radius 2 is 1.85 bits per heavy atom. The molecule has 2 aromatic rings. The summed E-state index contributed by atoms with van der Waals surface area (Å²) in [6.45, 7) is 0. The molecule has 6 nitrogen and oxygen atoms in total. The van der Waals surface area contributed by atoms with Crippen LogP contribution in [-0.2, 0) is 9.84 Å². The summed E-state index contributed by atoms with van der Waals surface area (Å²) in [4.78, 5) is 10.5. The van der Waals surface area contributed by atoms with Crippen molar-refractivity contribution in [1.82, 2.24) is 0 Å². The Bertz CT molecular complexity index is 729. The molecule has 0 bridgehead atoms. The first kappa shape index (κ1) is 14.1.